The maximum atomic E-state index is 14.0. The Bertz CT molecular complexity index is 1540. The molecule has 1 heterocycles. The van der Waals surface area contributed by atoms with Crippen LogP contribution in [0.2, 0.25) is 0 Å². The normalized spacial score (nSPS) is 10.4. The van der Waals surface area contributed by atoms with E-state index in [-0.39, 0.29) is 11.7 Å². The van der Waals surface area contributed by atoms with Gasteiger partial charge in [-0.15, -0.1) is 0 Å². The first-order chi connectivity index (χ1) is 18.6. The summed E-state index contributed by atoms with van der Waals surface area (Å²) in [6.45, 7) is 0. The molecule has 0 bridgehead atoms. The smallest absolute Gasteiger partial charge is 0.343 e. The third-order valence-corrected chi connectivity index (χ3v) is 5.92. The summed E-state index contributed by atoms with van der Waals surface area (Å²) in [5, 5.41) is 0. The van der Waals surface area contributed by atoms with Crippen LogP contribution in [-0.2, 0) is 0 Å². The maximum absolute atomic E-state index is 14.0. The lowest BCUT2D eigenvalue weighted by atomic mass is 10.1. The number of amides is 1. The highest BCUT2D eigenvalue weighted by atomic mass is 16.5. The van der Waals surface area contributed by atoms with Gasteiger partial charge in [-0.1, -0.05) is 66.7 Å². The van der Waals surface area contributed by atoms with E-state index in [1.54, 1.807) is 86.0 Å². The highest BCUT2D eigenvalue weighted by Gasteiger charge is 2.26. The van der Waals surface area contributed by atoms with Gasteiger partial charge >= 0.3 is 5.97 Å². The molecule has 0 atom stereocenters. The molecule has 0 radical (unpaired) electrons. The average molecular weight is 501 g/mol. The molecule has 38 heavy (non-hydrogen) atoms. The molecule has 186 valence electrons. The fourth-order valence-corrected chi connectivity index (χ4v) is 3.99. The standard InChI is InChI=1S/C32H24N2O4/c1-37-27-19-17-26(18-20-27)34(31(35)24-13-7-3-8-14-24)29-21-28(23-11-5-2-6-12-23)33-22-30(29)38-32(36)25-15-9-4-10-16-25/h2-22H,1H3. The topological polar surface area (TPSA) is 68.7 Å². The third kappa shape index (κ3) is 5.29. The number of benzene rings is 4. The fourth-order valence-electron chi connectivity index (χ4n) is 3.99. The van der Waals surface area contributed by atoms with Crippen LogP contribution in [0, 0.1) is 0 Å². The SMILES string of the molecule is COc1ccc(N(C(=O)c2ccccc2)c2cc(-c3ccccc3)ncc2OC(=O)c2ccccc2)cc1. The van der Waals surface area contributed by atoms with Gasteiger partial charge in [-0.05, 0) is 54.6 Å². The highest BCUT2D eigenvalue weighted by Crippen LogP contribution is 2.38. The van der Waals surface area contributed by atoms with Crippen molar-refractivity contribution in [1.82, 2.24) is 4.98 Å². The number of carbonyl (C=O) groups excluding carboxylic acids is 2. The molecule has 0 aliphatic rings. The lowest BCUT2D eigenvalue weighted by molar-refractivity contribution is 0.0733. The summed E-state index contributed by atoms with van der Waals surface area (Å²) in [5.41, 5.74) is 3.29. The minimum atomic E-state index is -0.553. The van der Waals surface area contributed by atoms with E-state index in [1.807, 2.05) is 42.5 Å². The first kappa shape index (κ1) is 24.5. The number of carbonyl (C=O) groups is 2. The number of ether oxygens (including phenoxy) is 2. The van der Waals surface area contributed by atoms with Crippen molar-refractivity contribution in [3.63, 3.8) is 0 Å². The number of esters is 1. The minimum absolute atomic E-state index is 0.152. The quantitative estimate of drug-likeness (QED) is 0.226. The average Bonchev–Trinajstić information content (AvgIpc) is 2.99. The van der Waals surface area contributed by atoms with E-state index in [0.29, 0.717) is 33.9 Å². The van der Waals surface area contributed by atoms with E-state index in [2.05, 4.69) is 4.98 Å². The van der Waals surface area contributed by atoms with Crippen molar-refractivity contribution in [2.24, 2.45) is 0 Å². The van der Waals surface area contributed by atoms with Crippen LogP contribution in [0.3, 0.4) is 0 Å². The van der Waals surface area contributed by atoms with Gasteiger partial charge < -0.3 is 9.47 Å². The molecular formula is C32H24N2O4. The summed E-state index contributed by atoms with van der Waals surface area (Å²) in [5.74, 6) is -0.0455. The number of hydrogen-bond donors (Lipinski definition) is 0. The summed E-state index contributed by atoms with van der Waals surface area (Å²) in [4.78, 5) is 33.1. The van der Waals surface area contributed by atoms with Crippen LogP contribution < -0.4 is 14.4 Å². The summed E-state index contributed by atoms with van der Waals surface area (Å²) < 4.78 is 11.2. The molecule has 0 aliphatic heterocycles. The zero-order valence-electron chi connectivity index (χ0n) is 20.7. The molecule has 0 aliphatic carbocycles. The molecule has 6 nitrogen and oxygen atoms in total. The van der Waals surface area contributed by atoms with Crippen LogP contribution >= 0.6 is 0 Å². The Balaban J connectivity index is 1.67. The van der Waals surface area contributed by atoms with Gasteiger partial charge in [-0.2, -0.15) is 0 Å². The Morgan fingerprint density at radius 2 is 1.29 bits per heavy atom. The monoisotopic (exact) mass is 500 g/mol. The number of pyridine rings is 1. The molecule has 0 saturated carbocycles. The van der Waals surface area contributed by atoms with Crippen molar-refractivity contribution in [3.8, 4) is 22.8 Å². The fraction of sp³-hybridized carbons (Fsp3) is 0.0312. The van der Waals surface area contributed by atoms with Gasteiger partial charge in [0.05, 0.1) is 30.3 Å². The van der Waals surface area contributed by atoms with Crippen LogP contribution in [0.5, 0.6) is 11.5 Å². The number of rotatable bonds is 7. The van der Waals surface area contributed by atoms with Crippen molar-refractivity contribution in [1.29, 1.82) is 0 Å². The number of nitrogens with zero attached hydrogens (tertiary/aromatic N) is 2. The third-order valence-electron chi connectivity index (χ3n) is 5.92. The molecule has 4 aromatic carbocycles. The molecular weight excluding hydrogens is 476 g/mol. The van der Waals surface area contributed by atoms with Gasteiger partial charge in [0.1, 0.15) is 5.75 Å². The van der Waals surface area contributed by atoms with Crippen LogP contribution in [0.25, 0.3) is 11.3 Å². The van der Waals surface area contributed by atoms with Crippen molar-refractivity contribution in [3.05, 3.63) is 139 Å². The van der Waals surface area contributed by atoms with Crippen LogP contribution in [0.15, 0.2) is 128 Å². The predicted octanol–water partition coefficient (Wildman–Crippen LogP) is 6.95. The Kier molecular flexibility index (Phi) is 7.23. The first-order valence-electron chi connectivity index (χ1n) is 12.0. The van der Waals surface area contributed by atoms with Crippen molar-refractivity contribution < 1.29 is 19.1 Å². The molecule has 5 aromatic rings. The molecule has 5 rings (SSSR count). The first-order valence-corrected chi connectivity index (χ1v) is 12.0. The van der Waals surface area contributed by atoms with Crippen LogP contribution in [-0.4, -0.2) is 24.0 Å². The highest BCUT2D eigenvalue weighted by molar-refractivity contribution is 6.12. The van der Waals surface area contributed by atoms with Crippen molar-refractivity contribution >= 4 is 23.3 Å². The number of anilines is 2. The number of hydrogen-bond acceptors (Lipinski definition) is 5. The van der Waals surface area contributed by atoms with Crippen LogP contribution in [0.1, 0.15) is 20.7 Å². The second kappa shape index (κ2) is 11.2. The lowest BCUT2D eigenvalue weighted by Gasteiger charge is -2.25. The van der Waals surface area contributed by atoms with E-state index in [9.17, 15) is 9.59 Å². The van der Waals surface area contributed by atoms with Gasteiger partial charge in [-0.3, -0.25) is 14.7 Å². The molecule has 1 aromatic heterocycles. The largest absolute Gasteiger partial charge is 0.497 e. The predicted molar refractivity (Wildman–Crippen MR) is 147 cm³/mol. The Morgan fingerprint density at radius 3 is 1.89 bits per heavy atom. The van der Waals surface area contributed by atoms with E-state index >= 15 is 0 Å². The number of methoxy groups -OCH3 is 1. The minimum Gasteiger partial charge on any atom is -0.497 e. The second-order valence-corrected chi connectivity index (χ2v) is 8.36. The van der Waals surface area contributed by atoms with E-state index in [4.69, 9.17) is 9.47 Å². The van der Waals surface area contributed by atoms with Crippen LogP contribution in [0.4, 0.5) is 11.4 Å². The Labute approximate surface area is 220 Å². The van der Waals surface area contributed by atoms with Gasteiger partial charge in [0.2, 0.25) is 0 Å². The van der Waals surface area contributed by atoms with Crippen molar-refractivity contribution in [2.45, 2.75) is 0 Å². The van der Waals surface area contributed by atoms with E-state index in [1.165, 1.54) is 11.1 Å². The lowest BCUT2D eigenvalue weighted by Crippen LogP contribution is -2.27. The van der Waals surface area contributed by atoms with E-state index < -0.39 is 5.97 Å². The second-order valence-electron chi connectivity index (χ2n) is 8.36. The Morgan fingerprint density at radius 1 is 0.711 bits per heavy atom. The summed E-state index contributed by atoms with van der Waals surface area (Å²) in [6.07, 6.45) is 1.48. The molecule has 6 heteroatoms. The molecule has 0 saturated heterocycles. The summed E-state index contributed by atoms with van der Waals surface area (Å²) in [7, 11) is 1.58. The van der Waals surface area contributed by atoms with E-state index in [0.717, 1.165) is 5.56 Å². The van der Waals surface area contributed by atoms with Gasteiger partial charge in [0, 0.05) is 16.8 Å². The zero-order chi connectivity index (χ0) is 26.3. The summed E-state index contributed by atoms with van der Waals surface area (Å²) in [6, 6.07) is 36.1. The maximum Gasteiger partial charge on any atom is 0.343 e. The Hall–Kier alpha value is -5.23. The zero-order valence-corrected chi connectivity index (χ0v) is 20.7. The number of aromatic nitrogens is 1. The molecule has 0 fully saturated rings. The molecule has 0 spiro atoms. The molecule has 0 N–H and O–H groups in total. The molecule has 1 amide bonds. The van der Waals surface area contributed by atoms with Crippen molar-refractivity contribution in [2.75, 3.05) is 12.0 Å². The summed E-state index contributed by atoms with van der Waals surface area (Å²) >= 11 is 0. The molecule has 0 unspecified atom stereocenters. The van der Waals surface area contributed by atoms with Gasteiger partial charge in [0.25, 0.3) is 5.91 Å². The van der Waals surface area contributed by atoms with Gasteiger partial charge in [0.15, 0.2) is 5.75 Å². The van der Waals surface area contributed by atoms with Gasteiger partial charge in [-0.25, -0.2) is 4.79 Å².